The number of aliphatic hydroxyl groups excluding tert-OH is 1. The molecule has 1 fully saturated rings. The number of aliphatic hydroxyl groups is 1. The largest absolute Gasteiger partial charge is 0.390 e. The molecule has 0 radical (unpaired) electrons. The molecule has 0 saturated carbocycles. The molecule has 0 spiro atoms. The van der Waals surface area contributed by atoms with Crippen LogP contribution in [-0.2, 0) is 24.1 Å². The molecule has 4 rings (SSSR count). The smallest absolute Gasteiger partial charge is 0.251 e. The van der Waals surface area contributed by atoms with Crippen molar-refractivity contribution in [3.8, 4) is 0 Å². The van der Waals surface area contributed by atoms with Crippen LogP contribution in [-0.4, -0.2) is 54.4 Å². The summed E-state index contributed by atoms with van der Waals surface area (Å²) in [6, 6.07) is 16.4. The van der Waals surface area contributed by atoms with Crippen LogP contribution in [0.25, 0.3) is 0 Å². The van der Waals surface area contributed by atoms with Crippen LogP contribution in [0.2, 0.25) is 0 Å². The molecule has 1 saturated heterocycles. The Morgan fingerprint density at radius 2 is 2.06 bits per heavy atom. The predicted octanol–water partition coefficient (Wildman–Crippen LogP) is 3.19. The Morgan fingerprint density at radius 1 is 1.23 bits per heavy atom. The fraction of sp³-hybridized carbons (Fsp3) is 0.500. The van der Waals surface area contributed by atoms with E-state index in [4.69, 9.17) is 4.74 Å². The van der Waals surface area contributed by atoms with Gasteiger partial charge in [0.15, 0.2) is 0 Å². The second kappa shape index (κ2) is 10.4. The number of β-amino-alcohol motifs (C(OH)–C–C–N with tert-alkyl or cyclic N) is 1. The number of nitrogens with one attached hydrogen (secondary N) is 1. The van der Waals surface area contributed by atoms with Gasteiger partial charge in [-0.15, -0.1) is 0 Å². The average Bonchev–Trinajstić information content (AvgIpc) is 2.77. The number of carbonyl (C=O) groups excluding carboxylic acids is 1. The second-order valence-electron chi connectivity index (χ2n) is 9.09. The number of amides is 1. The summed E-state index contributed by atoms with van der Waals surface area (Å²) in [7, 11) is 0. The van der Waals surface area contributed by atoms with Crippen LogP contribution in [0.5, 0.6) is 0 Å². The molecule has 3 atom stereocenters. The molecule has 0 aromatic heterocycles. The van der Waals surface area contributed by atoms with Crippen LogP contribution in [0, 0.1) is 5.92 Å². The maximum absolute atomic E-state index is 12.6. The van der Waals surface area contributed by atoms with Crippen LogP contribution >= 0.6 is 0 Å². The molecule has 1 unspecified atom stereocenters. The van der Waals surface area contributed by atoms with Gasteiger partial charge in [-0.3, -0.25) is 9.69 Å². The molecule has 2 aromatic rings. The molecule has 1 amide bonds. The van der Waals surface area contributed by atoms with Crippen molar-refractivity contribution in [1.29, 1.82) is 0 Å². The van der Waals surface area contributed by atoms with Crippen LogP contribution in [0.1, 0.15) is 46.8 Å². The van der Waals surface area contributed by atoms with Gasteiger partial charge in [0.05, 0.1) is 12.2 Å². The molecule has 2 aromatic carbocycles. The van der Waals surface area contributed by atoms with Gasteiger partial charge < -0.3 is 15.2 Å². The van der Waals surface area contributed by atoms with E-state index < -0.39 is 6.10 Å². The fourth-order valence-corrected chi connectivity index (χ4v) is 4.83. The van der Waals surface area contributed by atoms with Gasteiger partial charge in [-0.25, -0.2) is 0 Å². The summed E-state index contributed by atoms with van der Waals surface area (Å²) < 4.78 is 5.64. The Labute approximate surface area is 185 Å². The molecule has 0 bridgehead atoms. The molecule has 166 valence electrons. The number of hydrogen-bond donors (Lipinski definition) is 2. The van der Waals surface area contributed by atoms with Crippen LogP contribution in [0.4, 0.5) is 0 Å². The first kappa shape index (κ1) is 22.0. The van der Waals surface area contributed by atoms with E-state index in [0.717, 1.165) is 45.4 Å². The quantitative estimate of drug-likeness (QED) is 0.719. The minimum Gasteiger partial charge on any atom is -0.390 e. The summed E-state index contributed by atoms with van der Waals surface area (Å²) in [5, 5.41) is 13.4. The molecule has 2 aliphatic rings. The summed E-state index contributed by atoms with van der Waals surface area (Å²) in [6.07, 6.45) is 3.88. The van der Waals surface area contributed by atoms with E-state index >= 15 is 0 Å². The Hall–Kier alpha value is -2.21. The first-order valence-corrected chi connectivity index (χ1v) is 11.5. The Morgan fingerprint density at radius 3 is 2.90 bits per heavy atom. The lowest BCUT2D eigenvalue weighted by Gasteiger charge is -2.30. The Kier molecular flexibility index (Phi) is 7.38. The third-order valence-corrected chi connectivity index (χ3v) is 6.48. The van der Waals surface area contributed by atoms with E-state index in [0.29, 0.717) is 24.1 Å². The highest BCUT2D eigenvalue weighted by atomic mass is 16.5. The van der Waals surface area contributed by atoms with Gasteiger partial charge in [0.2, 0.25) is 0 Å². The van der Waals surface area contributed by atoms with Crippen molar-refractivity contribution >= 4 is 5.91 Å². The van der Waals surface area contributed by atoms with Gasteiger partial charge in [0, 0.05) is 38.3 Å². The van der Waals surface area contributed by atoms with Crippen molar-refractivity contribution in [3.05, 3.63) is 70.8 Å². The summed E-state index contributed by atoms with van der Waals surface area (Å²) >= 11 is 0. The summed E-state index contributed by atoms with van der Waals surface area (Å²) in [5.41, 5.74) is 4.59. The number of ether oxygens (including phenoxy) is 1. The summed E-state index contributed by atoms with van der Waals surface area (Å²) in [5.74, 6) is 0.490. The van der Waals surface area contributed by atoms with Crippen molar-refractivity contribution in [1.82, 2.24) is 10.2 Å². The van der Waals surface area contributed by atoms with Gasteiger partial charge in [-0.2, -0.15) is 0 Å². The number of rotatable bonds is 7. The number of hydrogen-bond acceptors (Lipinski definition) is 4. The second-order valence-corrected chi connectivity index (χ2v) is 9.09. The molecule has 2 N–H and O–H groups in total. The standard InChI is InChI=1S/C26H34N2O3/c1-19-13-21(10-12-31-19)14-20-5-4-8-23(15-20)26(30)27-16-25(29)18-28-11-9-22-6-2-3-7-24(22)17-28/h2-8,15,19,21,25,29H,9-14,16-18H2,1H3,(H,27,30)/t19-,21?,25+/m1/s1. The zero-order valence-corrected chi connectivity index (χ0v) is 18.4. The Bertz CT molecular complexity index is 884. The highest BCUT2D eigenvalue weighted by Crippen LogP contribution is 2.24. The van der Waals surface area contributed by atoms with Gasteiger partial charge in [-0.1, -0.05) is 36.4 Å². The van der Waals surface area contributed by atoms with E-state index in [2.05, 4.69) is 47.5 Å². The minimum atomic E-state index is -0.582. The topological polar surface area (TPSA) is 61.8 Å². The van der Waals surface area contributed by atoms with Crippen LogP contribution in [0.15, 0.2) is 48.5 Å². The fourth-order valence-electron chi connectivity index (χ4n) is 4.83. The molecule has 5 nitrogen and oxygen atoms in total. The van der Waals surface area contributed by atoms with Crippen molar-refractivity contribution in [2.45, 2.75) is 51.4 Å². The van der Waals surface area contributed by atoms with Crippen molar-refractivity contribution in [2.75, 3.05) is 26.2 Å². The van der Waals surface area contributed by atoms with Gasteiger partial charge in [0.25, 0.3) is 5.91 Å². The lowest BCUT2D eigenvalue weighted by molar-refractivity contribution is 0.00284. The number of nitrogens with zero attached hydrogens (tertiary/aromatic N) is 1. The van der Waals surface area contributed by atoms with Gasteiger partial charge in [-0.05, 0) is 67.3 Å². The number of carbonyl (C=O) groups is 1. The Balaban J connectivity index is 1.25. The summed E-state index contributed by atoms with van der Waals surface area (Å²) in [4.78, 5) is 14.9. The lowest BCUT2D eigenvalue weighted by atomic mass is 9.89. The normalized spacial score (nSPS) is 22.5. The maximum Gasteiger partial charge on any atom is 0.251 e. The average molecular weight is 423 g/mol. The first-order chi connectivity index (χ1) is 15.1. The molecular formula is C26H34N2O3. The molecule has 5 heteroatoms. The monoisotopic (exact) mass is 422 g/mol. The van der Waals surface area contributed by atoms with Crippen molar-refractivity contribution in [2.24, 2.45) is 5.92 Å². The molecule has 2 aliphatic heterocycles. The third-order valence-electron chi connectivity index (χ3n) is 6.48. The van der Waals surface area contributed by atoms with Crippen molar-refractivity contribution in [3.63, 3.8) is 0 Å². The SMILES string of the molecule is C[C@@H]1CC(Cc2cccc(C(=O)NC[C@H](O)CN3CCc4ccccc4C3)c2)CCO1. The molecule has 0 aliphatic carbocycles. The van der Waals surface area contributed by atoms with E-state index in [1.54, 1.807) is 0 Å². The third kappa shape index (κ3) is 6.16. The molecular weight excluding hydrogens is 388 g/mol. The van der Waals surface area contributed by atoms with E-state index in [1.165, 1.54) is 16.7 Å². The highest BCUT2D eigenvalue weighted by molar-refractivity contribution is 5.94. The predicted molar refractivity (Wildman–Crippen MR) is 122 cm³/mol. The van der Waals surface area contributed by atoms with Gasteiger partial charge in [0.1, 0.15) is 0 Å². The van der Waals surface area contributed by atoms with E-state index in [-0.39, 0.29) is 12.5 Å². The van der Waals surface area contributed by atoms with Crippen LogP contribution in [0.3, 0.4) is 0 Å². The maximum atomic E-state index is 12.6. The first-order valence-electron chi connectivity index (χ1n) is 11.5. The summed E-state index contributed by atoms with van der Waals surface area (Å²) in [6.45, 7) is 5.58. The minimum absolute atomic E-state index is 0.120. The zero-order chi connectivity index (χ0) is 21.6. The lowest BCUT2D eigenvalue weighted by Crippen LogP contribution is -2.42. The van der Waals surface area contributed by atoms with E-state index in [1.807, 2.05) is 18.2 Å². The van der Waals surface area contributed by atoms with Crippen LogP contribution < -0.4 is 5.32 Å². The molecule has 2 heterocycles. The zero-order valence-electron chi connectivity index (χ0n) is 18.4. The number of fused-ring (bicyclic) bond motifs is 1. The number of benzene rings is 2. The van der Waals surface area contributed by atoms with E-state index in [9.17, 15) is 9.90 Å². The van der Waals surface area contributed by atoms with Gasteiger partial charge >= 0.3 is 0 Å². The van der Waals surface area contributed by atoms with Crippen molar-refractivity contribution < 1.29 is 14.6 Å². The molecule has 31 heavy (non-hydrogen) atoms. The highest BCUT2D eigenvalue weighted by Gasteiger charge is 2.21.